The molecule has 9 heteroatoms. The topological polar surface area (TPSA) is 99.6 Å². The van der Waals surface area contributed by atoms with Gasteiger partial charge in [-0.2, -0.15) is 0 Å². The molecule has 4 aliphatic rings. The molecule has 0 bridgehead atoms. The lowest BCUT2D eigenvalue weighted by molar-refractivity contribution is -0.151. The van der Waals surface area contributed by atoms with Gasteiger partial charge in [0.2, 0.25) is 17.7 Å². The minimum atomic E-state index is -1.30. The van der Waals surface area contributed by atoms with E-state index >= 15 is 0 Å². The van der Waals surface area contributed by atoms with E-state index in [2.05, 4.69) is 6.92 Å². The SMILES string of the molecule is CCCCCN1CC=C[C@]23O[C@@H]4C=CCN(c5ccc(OCC)cc5)C(=O)[C@@H]4[C@H]2C(=O)N([C@@H](CO)C(C)C)C3C1=O. The fourth-order valence-corrected chi connectivity index (χ4v) is 6.98. The average molecular weight is 566 g/mol. The number of fused-ring (bicyclic) bond motifs is 2. The molecule has 2 saturated heterocycles. The number of nitrogens with zero attached hydrogens (tertiary/aromatic N) is 3. The van der Waals surface area contributed by atoms with Gasteiger partial charge in [-0.1, -0.05) is 57.9 Å². The number of unbranched alkanes of at least 4 members (excludes halogenated alkanes) is 2. The zero-order valence-electron chi connectivity index (χ0n) is 24.6. The van der Waals surface area contributed by atoms with Crippen LogP contribution in [0.3, 0.4) is 0 Å². The number of anilines is 1. The van der Waals surface area contributed by atoms with Gasteiger partial charge in [0.15, 0.2) is 0 Å². The van der Waals surface area contributed by atoms with E-state index in [1.54, 1.807) is 14.7 Å². The Morgan fingerprint density at radius 1 is 1.02 bits per heavy atom. The highest BCUT2D eigenvalue weighted by atomic mass is 16.5. The average Bonchev–Trinajstić information content (AvgIpc) is 3.27. The molecule has 1 aromatic carbocycles. The molecule has 3 amide bonds. The summed E-state index contributed by atoms with van der Waals surface area (Å²) in [5, 5.41) is 10.4. The molecule has 222 valence electrons. The molecular formula is C32H43N3O6. The van der Waals surface area contributed by atoms with Crippen LogP contribution in [0.5, 0.6) is 5.75 Å². The predicted octanol–water partition coefficient (Wildman–Crippen LogP) is 3.17. The summed E-state index contributed by atoms with van der Waals surface area (Å²) >= 11 is 0. The van der Waals surface area contributed by atoms with E-state index in [9.17, 15) is 19.5 Å². The highest BCUT2D eigenvalue weighted by molar-refractivity contribution is 6.04. The molecule has 1 N–H and O–H groups in total. The standard InChI is InChI=1S/C32H43N3O6/c1-5-7-8-17-33-18-10-16-32-27(30(38)35(28(32)31(33)39)24(20-36)21(3)4)26-25(41-32)11-9-19-34(29(26)37)22-12-14-23(15-13-22)40-6-2/h9-16,21,24-28,36H,5-8,17-20H2,1-4H3/t24-,25+,26-,27-,28?,32-/m0/s1. The van der Waals surface area contributed by atoms with Gasteiger partial charge in [-0.3, -0.25) is 14.4 Å². The molecule has 0 aromatic heterocycles. The van der Waals surface area contributed by atoms with Crippen molar-refractivity contribution in [3.63, 3.8) is 0 Å². The van der Waals surface area contributed by atoms with Crippen LogP contribution in [0, 0.1) is 17.8 Å². The van der Waals surface area contributed by atoms with Crippen molar-refractivity contribution in [2.24, 2.45) is 17.8 Å². The van der Waals surface area contributed by atoms with Crippen LogP contribution < -0.4 is 9.64 Å². The van der Waals surface area contributed by atoms with E-state index in [1.165, 1.54) is 0 Å². The number of hydrogen-bond acceptors (Lipinski definition) is 6. The van der Waals surface area contributed by atoms with Gasteiger partial charge in [-0.25, -0.2) is 0 Å². The number of aliphatic hydroxyl groups is 1. The summed E-state index contributed by atoms with van der Waals surface area (Å²) in [6.45, 7) is 9.51. The van der Waals surface area contributed by atoms with Crippen molar-refractivity contribution >= 4 is 23.4 Å². The summed E-state index contributed by atoms with van der Waals surface area (Å²) in [5.41, 5.74) is -0.596. The summed E-state index contributed by atoms with van der Waals surface area (Å²) in [6, 6.07) is 5.82. The van der Waals surface area contributed by atoms with Gasteiger partial charge in [-0.05, 0) is 43.5 Å². The Balaban J connectivity index is 1.55. The predicted molar refractivity (Wildman–Crippen MR) is 155 cm³/mol. The molecule has 2 fully saturated rings. The second-order valence-electron chi connectivity index (χ2n) is 11.8. The number of ether oxygens (including phenoxy) is 2. The highest BCUT2D eigenvalue weighted by Crippen LogP contribution is 2.54. The van der Waals surface area contributed by atoms with Crippen molar-refractivity contribution in [2.45, 2.75) is 70.7 Å². The molecule has 6 atom stereocenters. The van der Waals surface area contributed by atoms with Crippen LogP contribution >= 0.6 is 0 Å². The van der Waals surface area contributed by atoms with Crippen LogP contribution in [0.2, 0.25) is 0 Å². The summed E-state index contributed by atoms with van der Waals surface area (Å²) in [6.07, 6.45) is 9.80. The Kier molecular flexibility index (Phi) is 8.57. The lowest BCUT2D eigenvalue weighted by Gasteiger charge is -2.39. The van der Waals surface area contributed by atoms with Crippen molar-refractivity contribution < 1.29 is 29.0 Å². The first-order chi connectivity index (χ1) is 19.8. The van der Waals surface area contributed by atoms with Gasteiger partial charge in [0, 0.05) is 25.3 Å². The van der Waals surface area contributed by atoms with Crippen molar-refractivity contribution in [1.82, 2.24) is 9.80 Å². The Bertz CT molecular complexity index is 1200. The van der Waals surface area contributed by atoms with Crippen LogP contribution in [0.25, 0.3) is 0 Å². The largest absolute Gasteiger partial charge is 0.494 e. The van der Waals surface area contributed by atoms with E-state index in [0.717, 1.165) is 19.3 Å². The lowest BCUT2D eigenvalue weighted by Crippen LogP contribution is -2.59. The van der Waals surface area contributed by atoms with E-state index < -0.39 is 35.6 Å². The third kappa shape index (κ3) is 4.97. The maximum Gasteiger partial charge on any atom is 0.249 e. The van der Waals surface area contributed by atoms with Gasteiger partial charge < -0.3 is 29.3 Å². The number of benzene rings is 1. The number of likely N-dealkylation sites (tertiary alicyclic amines) is 1. The van der Waals surface area contributed by atoms with Crippen molar-refractivity contribution in [1.29, 1.82) is 0 Å². The van der Waals surface area contributed by atoms with Crippen molar-refractivity contribution in [3.8, 4) is 5.75 Å². The second kappa shape index (κ2) is 12.0. The van der Waals surface area contributed by atoms with Crippen molar-refractivity contribution in [2.75, 3.05) is 37.7 Å². The summed E-state index contributed by atoms with van der Waals surface area (Å²) in [4.78, 5) is 48.1. The molecule has 4 aliphatic heterocycles. The molecule has 1 unspecified atom stereocenters. The first kappa shape index (κ1) is 29.3. The molecule has 0 radical (unpaired) electrons. The molecular weight excluding hydrogens is 522 g/mol. The van der Waals surface area contributed by atoms with E-state index in [4.69, 9.17) is 9.47 Å². The molecule has 0 saturated carbocycles. The first-order valence-electron chi connectivity index (χ1n) is 15.1. The third-order valence-corrected chi connectivity index (χ3v) is 8.98. The normalized spacial score (nSPS) is 29.9. The Hall–Kier alpha value is -3.17. The quantitative estimate of drug-likeness (QED) is 0.346. The van der Waals surface area contributed by atoms with Crippen molar-refractivity contribution in [3.05, 3.63) is 48.6 Å². The molecule has 9 nitrogen and oxygen atoms in total. The molecule has 1 spiro atoms. The monoisotopic (exact) mass is 565 g/mol. The minimum absolute atomic E-state index is 0.103. The second-order valence-corrected chi connectivity index (χ2v) is 11.8. The summed E-state index contributed by atoms with van der Waals surface area (Å²) in [7, 11) is 0. The molecule has 5 rings (SSSR count). The van der Waals surface area contributed by atoms with Crippen LogP contribution in [-0.2, 0) is 19.1 Å². The van der Waals surface area contributed by atoms with Crippen LogP contribution in [-0.4, -0.2) is 89.3 Å². The van der Waals surface area contributed by atoms with E-state index in [1.807, 2.05) is 69.3 Å². The molecule has 0 aliphatic carbocycles. The third-order valence-electron chi connectivity index (χ3n) is 8.98. The number of hydrogen-bond donors (Lipinski definition) is 1. The molecule has 1 aromatic rings. The fraction of sp³-hybridized carbons (Fsp3) is 0.594. The van der Waals surface area contributed by atoms with E-state index in [0.29, 0.717) is 37.7 Å². The summed E-state index contributed by atoms with van der Waals surface area (Å²) < 4.78 is 12.3. The number of carbonyl (C=O) groups excluding carboxylic acids is 3. The summed E-state index contributed by atoms with van der Waals surface area (Å²) in [5.74, 6) is -1.79. The molecule has 4 heterocycles. The number of rotatable bonds is 10. The first-order valence-corrected chi connectivity index (χ1v) is 15.1. The molecule has 41 heavy (non-hydrogen) atoms. The van der Waals surface area contributed by atoms with Gasteiger partial charge >= 0.3 is 0 Å². The minimum Gasteiger partial charge on any atom is -0.494 e. The zero-order valence-corrected chi connectivity index (χ0v) is 24.6. The van der Waals surface area contributed by atoms with Crippen LogP contribution in [0.15, 0.2) is 48.6 Å². The van der Waals surface area contributed by atoms with Crippen LogP contribution in [0.1, 0.15) is 47.0 Å². The Morgan fingerprint density at radius 3 is 2.44 bits per heavy atom. The van der Waals surface area contributed by atoms with Gasteiger partial charge in [0.25, 0.3) is 0 Å². The maximum atomic E-state index is 14.5. The Labute approximate surface area is 242 Å². The number of amides is 3. The van der Waals surface area contributed by atoms with Gasteiger partial charge in [0.05, 0.1) is 37.2 Å². The van der Waals surface area contributed by atoms with E-state index in [-0.39, 0.29) is 30.2 Å². The fourth-order valence-electron chi connectivity index (χ4n) is 6.98. The van der Waals surface area contributed by atoms with Gasteiger partial charge in [0.1, 0.15) is 17.4 Å². The maximum absolute atomic E-state index is 14.5. The number of carbonyl (C=O) groups is 3. The van der Waals surface area contributed by atoms with Gasteiger partial charge in [-0.15, -0.1) is 0 Å². The highest BCUT2D eigenvalue weighted by Gasteiger charge is 2.72. The number of aliphatic hydroxyl groups excluding tert-OH is 1. The smallest absolute Gasteiger partial charge is 0.249 e. The zero-order chi connectivity index (χ0) is 29.3. The lowest BCUT2D eigenvalue weighted by atomic mass is 9.77. The van der Waals surface area contributed by atoms with Crippen LogP contribution in [0.4, 0.5) is 5.69 Å². The Morgan fingerprint density at radius 2 is 1.78 bits per heavy atom.